The number of nitrogens with one attached hydrogen (secondary N) is 1. The molecule has 3 aromatic carbocycles. The Bertz CT molecular complexity index is 1060. The molecule has 0 spiro atoms. The Morgan fingerprint density at radius 1 is 0.871 bits per heavy atom. The lowest BCUT2D eigenvalue weighted by Crippen LogP contribution is -2.24. The highest BCUT2D eigenvalue weighted by Gasteiger charge is 2.02. The van der Waals surface area contributed by atoms with Crippen LogP contribution in [0.2, 0.25) is 0 Å². The third kappa shape index (κ3) is 7.62. The molecule has 0 unspecified atom stereocenters. The predicted octanol–water partition coefficient (Wildman–Crippen LogP) is 4.14. The summed E-state index contributed by atoms with van der Waals surface area (Å²) in [6.07, 6.45) is 4.55. The Balaban J connectivity index is 1.42. The van der Waals surface area contributed by atoms with Crippen LogP contribution in [0.4, 0.5) is 0 Å². The van der Waals surface area contributed by atoms with Crippen LogP contribution in [0, 0.1) is 6.92 Å². The van der Waals surface area contributed by atoms with Gasteiger partial charge in [-0.25, -0.2) is 10.2 Å². The lowest BCUT2D eigenvalue weighted by atomic mass is 10.2. The number of nitrogens with zero attached hydrogens (tertiary/aromatic N) is 1. The van der Waals surface area contributed by atoms with Crippen molar-refractivity contribution in [2.75, 3.05) is 6.61 Å². The minimum absolute atomic E-state index is 0.133. The predicted molar refractivity (Wildman–Crippen MR) is 120 cm³/mol. The largest absolute Gasteiger partial charge is 0.484 e. The smallest absolute Gasteiger partial charge is 0.336 e. The molecule has 1 N–H and O–H groups in total. The van der Waals surface area contributed by atoms with Gasteiger partial charge < -0.3 is 9.47 Å². The zero-order valence-corrected chi connectivity index (χ0v) is 17.0. The monoisotopic (exact) mass is 414 g/mol. The van der Waals surface area contributed by atoms with Gasteiger partial charge in [-0.1, -0.05) is 48.0 Å². The van der Waals surface area contributed by atoms with E-state index in [1.807, 2.05) is 49.4 Å². The molecule has 0 heterocycles. The van der Waals surface area contributed by atoms with Crippen LogP contribution in [0.25, 0.3) is 6.08 Å². The number of esters is 1. The Kier molecular flexibility index (Phi) is 7.71. The first kappa shape index (κ1) is 21.5. The van der Waals surface area contributed by atoms with Gasteiger partial charge in [-0.05, 0) is 60.5 Å². The fourth-order valence-corrected chi connectivity index (χ4v) is 2.49. The number of aryl methyl sites for hydroxylation is 1. The summed E-state index contributed by atoms with van der Waals surface area (Å²) in [5, 5.41) is 3.90. The molecule has 0 aliphatic heterocycles. The van der Waals surface area contributed by atoms with E-state index in [4.69, 9.17) is 9.47 Å². The van der Waals surface area contributed by atoms with Gasteiger partial charge in [0.15, 0.2) is 6.61 Å². The number of carbonyl (C=O) groups is 2. The van der Waals surface area contributed by atoms with Crippen LogP contribution in [0.15, 0.2) is 90.0 Å². The fourth-order valence-electron chi connectivity index (χ4n) is 2.49. The Hall–Kier alpha value is -4.19. The average Bonchev–Trinajstić information content (AvgIpc) is 2.79. The van der Waals surface area contributed by atoms with Crippen molar-refractivity contribution in [3.63, 3.8) is 0 Å². The van der Waals surface area contributed by atoms with Gasteiger partial charge in [0.2, 0.25) is 0 Å². The summed E-state index contributed by atoms with van der Waals surface area (Å²) in [7, 11) is 0. The molecule has 0 fully saturated rings. The quantitative estimate of drug-likeness (QED) is 0.198. The van der Waals surface area contributed by atoms with E-state index < -0.39 is 5.97 Å². The molecule has 6 heteroatoms. The number of hydrogen-bond donors (Lipinski definition) is 1. The van der Waals surface area contributed by atoms with Crippen molar-refractivity contribution < 1.29 is 19.1 Å². The van der Waals surface area contributed by atoms with E-state index in [0.717, 1.165) is 16.7 Å². The van der Waals surface area contributed by atoms with Crippen molar-refractivity contribution in [1.82, 2.24) is 5.43 Å². The average molecular weight is 414 g/mol. The molecule has 0 bridgehead atoms. The Morgan fingerprint density at radius 2 is 1.55 bits per heavy atom. The number of hydrazone groups is 1. The molecule has 1 amide bonds. The molecule has 0 atom stereocenters. The van der Waals surface area contributed by atoms with E-state index in [1.165, 1.54) is 12.3 Å². The van der Waals surface area contributed by atoms with E-state index in [2.05, 4.69) is 10.5 Å². The van der Waals surface area contributed by atoms with Crippen molar-refractivity contribution in [2.24, 2.45) is 5.10 Å². The molecule has 0 radical (unpaired) electrons. The van der Waals surface area contributed by atoms with Crippen LogP contribution in [0.3, 0.4) is 0 Å². The second-order valence-electron chi connectivity index (χ2n) is 6.63. The van der Waals surface area contributed by atoms with Gasteiger partial charge in [0, 0.05) is 6.08 Å². The number of benzene rings is 3. The third-order valence-electron chi connectivity index (χ3n) is 4.10. The van der Waals surface area contributed by atoms with Crippen molar-refractivity contribution in [3.8, 4) is 11.5 Å². The maximum Gasteiger partial charge on any atom is 0.336 e. The molecule has 0 saturated carbocycles. The first-order valence-electron chi connectivity index (χ1n) is 9.65. The minimum Gasteiger partial charge on any atom is -0.484 e. The van der Waals surface area contributed by atoms with Crippen molar-refractivity contribution >= 4 is 24.2 Å². The van der Waals surface area contributed by atoms with E-state index in [1.54, 1.807) is 42.5 Å². The van der Waals surface area contributed by atoms with E-state index in [0.29, 0.717) is 11.5 Å². The van der Waals surface area contributed by atoms with Crippen LogP contribution < -0.4 is 14.9 Å². The van der Waals surface area contributed by atoms with Gasteiger partial charge >= 0.3 is 5.97 Å². The number of carbonyl (C=O) groups excluding carboxylic acids is 2. The number of ether oxygens (including phenoxy) is 2. The van der Waals surface area contributed by atoms with Gasteiger partial charge in [0.1, 0.15) is 11.5 Å². The molecule has 3 aromatic rings. The maximum absolute atomic E-state index is 11.9. The molecular weight excluding hydrogens is 392 g/mol. The minimum atomic E-state index is -0.467. The maximum atomic E-state index is 11.9. The summed E-state index contributed by atoms with van der Waals surface area (Å²) in [4.78, 5) is 23.7. The van der Waals surface area contributed by atoms with Gasteiger partial charge in [0.05, 0.1) is 6.21 Å². The molecule has 0 aliphatic rings. The van der Waals surface area contributed by atoms with Crippen LogP contribution >= 0.6 is 0 Å². The van der Waals surface area contributed by atoms with Crippen LogP contribution in [-0.4, -0.2) is 24.7 Å². The summed E-state index contributed by atoms with van der Waals surface area (Å²) in [5.74, 6) is 0.197. The Morgan fingerprint density at radius 3 is 2.26 bits per heavy atom. The lowest BCUT2D eigenvalue weighted by Gasteiger charge is -2.05. The van der Waals surface area contributed by atoms with E-state index in [-0.39, 0.29) is 12.5 Å². The number of amides is 1. The molecule has 0 aromatic heterocycles. The zero-order valence-electron chi connectivity index (χ0n) is 17.0. The van der Waals surface area contributed by atoms with E-state index >= 15 is 0 Å². The second-order valence-corrected chi connectivity index (χ2v) is 6.63. The molecule has 0 aliphatic carbocycles. The van der Waals surface area contributed by atoms with E-state index in [9.17, 15) is 9.59 Å². The van der Waals surface area contributed by atoms with Crippen LogP contribution in [0.5, 0.6) is 11.5 Å². The normalized spacial score (nSPS) is 10.9. The molecular formula is C25H22N2O4. The van der Waals surface area contributed by atoms with Gasteiger partial charge in [0.25, 0.3) is 5.91 Å². The Labute approximate surface area is 180 Å². The molecule has 156 valence electrons. The van der Waals surface area contributed by atoms with Gasteiger partial charge in [-0.3, -0.25) is 4.79 Å². The highest BCUT2D eigenvalue weighted by atomic mass is 16.5. The summed E-state index contributed by atoms with van der Waals surface area (Å²) in [6.45, 7) is 1.84. The summed E-state index contributed by atoms with van der Waals surface area (Å²) in [6, 6.07) is 23.7. The molecule has 0 saturated heterocycles. The first-order valence-corrected chi connectivity index (χ1v) is 9.65. The standard InChI is InChI=1S/C25H22N2O4/c1-19-7-12-22(13-8-19)30-18-24(28)27-26-17-21-9-14-23(15-10-21)31-25(29)16-11-20-5-3-2-4-6-20/h2-17H,18H2,1H3,(H,27,28)/b16-11+,26-17+. The van der Waals surface area contributed by atoms with Gasteiger partial charge in [-0.15, -0.1) is 0 Å². The van der Waals surface area contributed by atoms with Crippen LogP contribution in [-0.2, 0) is 9.59 Å². The zero-order chi connectivity index (χ0) is 21.9. The highest BCUT2D eigenvalue weighted by Crippen LogP contribution is 2.12. The van der Waals surface area contributed by atoms with Crippen molar-refractivity contribution in [2.45, 2.75) is 6.92 Å². The fraction of sp³-hybridized carbons (Fsp3) is 0.0800. The topological polar surface area (TPSA) is 77.0 Å². The highest BCUT2D eigenvalue weighted by molar-refractivity contribution is 5.89. The molecule has 31 heavy (non-hydrogen) atoms. The summed E-state index contributed by atoms with van der Waals surface area (Å²) >= 11 is 0. The molecule has 3 rings (SSSR count). The summed E-state index contributed by atoms with van der Waals surface area (Å²) in [5.41, 5.74) is 5.17. The van der Waals surface area contributed by atoms with Crippen molar-refractivity contribution in [3.05, 3.63) is 102 Å². The lowest BCUT2D eigenvalue weighted by molar-refractivity contribution is -0.129. The number of hydrogen-bond acceptors (Lipinski definition) is 5. The molecule has 6 nitrogen and oxygen atoms in total. The van der Waals surface area contributed by atoms with Gasteiger partial charge in [-0.2, -0.15) is 5.10 Å². The van der Waals surface area contributed by atoms with Crippen LogP contribution in [0.1, 0.15) is 16.7 Å². The van der Waals surface area contributed by atoms with Crippen molar-refractivity contribution in [1.29, 1.82) is 0 Å². The SMILES string of the molecule is Cc1ccc(OCC(=O)N/N=C/c2ccc(OC(=O)/C=C/c3ccccc3)cc2)cc1. The summed E-state index contributed by atoms with van der Waals surface area (Å²) < 4.78 is 10.6. The second kappa shape index (κ2) is 11.1. The third-order valence-corrected chi connectivity index (χ3v) is 4.10. The number of rotatable bonds is 8. The first-order chi connectivity index (χ1) is 15.1.